The molecule has 0 aromatic heterocycles. The van der Waals surface area contributed by atoms with Gasteiger partial charge in [0.25, 0.3) is 0 Å². The van der Waals surface area contributed by atoms with Gasteiger partial charge in [-0.3, -0.25) is 0 Å². The Morgan fingerprint density at radius 1 is 1.05 bits per heavy atom. The van der Waals surface area contributed by atoms with Crippen molar-refractivity contribution in [2.75, 3.05) is 6.54 Å². The topological polar surface area (TPSA) is 44.3 Å². The first-order chi connectivity index (χ1) is 8.68. The van der Waals surface area contributed by atoms with Gasteiger partial charge in [-0.05, 0) is 36.5 Å². The number of hydrogen-bond donors (Lipinski definition) is 3. The van der Waals surface area contributed by atoms with Crippen molar-refractivity contribution < 1.29 is 5.11 Å². The fourth-order valence-corrected chi connectivity index (χ4v) is 3.75. The van der Waals surface area contributed by atoms with Crippen LogP contribution >= 0.6 is 0 Å². The summed E-state index contributed by atoms with van der Waals surface area (Å²) in [5.41, 5.74) is 0.614. The largest absolute Gasteiger partial charge is 0.392 e. The highest BCUT2D eigenvalue weighted by Crippen LogP contribution is 2.36. The Balaban J connectivity index is 1.88. The number of rotatable bonds is 3. The second-order valence-electron chi connectivity index (χ2n) is 8.40. The molecule has 0 radical (unpaired) electrons. The van der Waals surface area contributed by atoms with Crippen LogP contribution in [-0.2, 0) is 0 Å². The summed E-state index contributed by atoms with van der Waals surface area (Å²) in [6, 6.07) is 1.74. The van der Waals surface area contributed by atoms with Gasteiger partial charge in [-0.2, -0.15) is 0 Å². The minimum atomic E-state index is -0.150. The van der Waals surface area contributed by atoms with Crippen LogP contribution in [0.1, 0.15) is 60.3 Å². The first-order valence-electron chi connectivity index (χ1n) is 7.86. The molecule has 0 saturated carbocycles. The number of nitrogens with one attached hydrogen (secondary N) is 2. The van der Waals surface area contributed by atoms with Gasteiger partial charge in [-0.25, -0.2) is 0 Å². The highest BCUT2D eigenvalue weighted by Gasteiger charge is 2.39. The van der Waals surface area contributed by atoms with E-state index in [9.17, 15) is 5.11 Å². The predicted molar refractivity (Wildman–Crippen MR) is 80.2 cm³/mol. The Kier molecular flexibility index (Phi) is 4.29. The summed E-state index contributed by atoms with van der Waals surface area (Å²) in [6.07, 6.45) is 4.54. The van der Waals surface area contributed by atoms with E-state index in [0.29, 0.717) is 23.5 Å². The lowest BCUT2D eigenvalue weighted by Crippen LogP contribution is -2.44. The zero-order valence-electron chi connectivity index (χ0n) is 13.3. The summed E-state index contributed by atoms with van der Waals surface area (Å²) in [5, 5.41) is 17.0. The third-order valence-electron chi connectivity index (χ3n) is 5.11. The van der Waals surface area contributed by atoms with Crippen LogP contribution < -0.4 is 10.6 Å². The maximum Gasteiger partial charge on any atom is 0.0679 e. The van der Waals surface area contributed by atoms with Crippen LogP contribution in [0, 0.1) is 10.8 Å². The summed E-state index contributed by atoms with van der Waals surface area (Å²) >= 11 is 0. The smallest absolute Gasteiger partial charge is 0.0679 e. The summed E-state index contributed by atoms with van der Waals surface area (Å²) in [4.78, 5) is 0. The molecule has 2 rings (SSSR count). The lowest BCUT2D eigenvalue weighted by Gasteiger charge is -2.35. The maximum atomic E-state index is 9.69. The van der Waals surface area contributed by atoms with Crippen molar-refractivity contribution in [1.29, 1.82) is 0 Å². The molecule has 2 aliphatic heterocycles. The predicted octanol–water partition coefficient (Wildman–Crippen LogP) is 2.29. The Morgan fingerprint density at radius 3 is 2.21 bits per heavy atom. The van der Waals surface area contributed by atoms with Gasteiger partial charge in [0.2, 0.25) is 0 Å². The van der Waals surface area contributed by atoms with Crippen molar-refractivity contribution in [1.82, 2.24) is 10.6 Å². The summed E-state index contributed by atoms with van der Waals surface area (Å²) < 4.78 is 0. The molecular formula is C16H32N2O. The van der Waals surface area contributed by atoms with Crippen molar-refractivity contribution in [3.05, 3.63) is 0 Å². The molecule has 3 heteroatoms. The third kappa shape index (κ3) is 3.71. The van der Waals surface area contributed by atoms with E-state index in [2.05, 4.69) is 45.3 Å². The molecule has 0 aromatic rings. The number of aliphatic hydroxyl groups is 1. The molecule has 2 heterocycles. The molecule has 112 valence electrons. The fraction of sp³-hybridized carbons (Fsp3) is 1.00. The third-order valence-corrected chi connectivity index (χ3v) is 5.11. The average Bonchev–Trinajstić information content (AvgIpc) is 2.85. The average molecular weight is 268 g/mol. The van der Waals surface area contributed by atoms with Gasteiger partial charge in [-0.1, -0.05) is 34.6 Å². The molecule has 0 aromatic carbocycles. The molecule has 2 aliphatic rings. The second-order valence-corrected chi connectivity index (χ2v) is 8.40. The molecule has 1 unspecified atom stereocenters. The molecule has 4 atom stereocenters. The van der Waals surface area contributed by atoms with Gasteiger partial charge in [0.15, 0.2) is 0 Å². The lowest BCUT2D eigenvalue weighted by molar-refractivity contribution is 0.167. The number of β-amino-alcohol motifs (C(OH)–C–C–N with tert-alkyl or cyclic N) is 1. The molecule has 2 fully saturated rings. The molecule has 0 aliphatic carbocycles. The zero-order chi connectivity index (χ0) is 14.3. The van der Waals surface area contributed by atoms with E-state index in [-0.39, 0.29) is 11.5 Å². The van der Waals surface area contributed by atoms with E-state index in [1.807, 2.05) is 0 Å². The minimum Gasteiger partial charge on any atom is -0.392 e. The molecule has 0 bridgehead atoms. The van der Waals surface area contributed by atoms with E-state index >= 15 is 0 Å². The molecular weight excluding hydrogens is 236 g/mol. The van der Waals surface area contributed by atoms with Crippen molar-refractivity contribution in [2.45, 2.75) is 84.5 Å². The van der Waals surface area contributed by atoms with Gasteiger partial charge in [0.05, 0.1) is 6.10 Å². The Bertz CT molecular complexity index is 308. The molecule has 3 nitrogen and oxygen atoms in total. The first kappa shape index (κ1) is 15.3. The molecule has 19 heavy (non-hydrogen) atoms. The standard InChI is InChI=1S/C16H32N2O/c1-15(2,3)13-7-6-11(18-13)9-16(4,5)14-8-12(19)10-17-14/h11-14,17-19H,6-10H2,1-5H3/t11?,12-,13+,14+/m1/s1. The van der Waals surface area contributed by atoms with Crippen molar-refractivity contribution in [3.8, 4) is 0 Å². The Morgan fingerprint density at radius 2 is 1.74 bits per heavy atom. The molecule has 3 N–H and O–H groups in total. The SMILES string of the molecule is CC(C)(C)[C@@H]1CCC(CC(C)(C)[C@@H]2C[C@@H](O)CN2)N1. The van der Waals surface area contributed by atoms with Crippen LogP contribution in [0.5, 0.6) is 0 Å². The van der Waals surface area contributed by atoms with E-state index < -0.39 is 0 Å². The van der Waals surface area contributed by atoms with Crippen molar-refractivity contribution >= 4 is 0 Å². The quantitative estimate of drug-likeness (QED) is 0.736. The fourth-order valence-electron chi connectivity index (χ4n) is 3.75. The highest BCUT2D eigenvalue weighted by atomic mass is 16.3. The van der Waals surface area contributed by atoms with Gasteiger partial charge >= 0.3 is 0 Å². The second kappa shape index (κ2) is 5.34. The summed E-state index contributed by atoms with van der Waals surface area (Å²) in [6.45, 7) is 12.4. The Labute approximate surface area is 118 Å². The molecule has 0 spiro atoms. The monoisotopic (exact) mass is 268 g/mol. The van der Waals surface area contributed by atoms with Gasteiger partial charge in [0, 0.05) is 24.7 Å². The Hall–Kier alpha value is -0.120. The van der Waals surface area contributed by atoms with Crippen molar-refractivity contribution in [3.63, 3.8) is 0 Å². The normalized spacial score (nSPS) is 36.9. The number of hydrogen-bond acceptors (Lipinski definition) is 3. The van der Waals surface area contributed by atoms with Gasteiger partial charge in [0.1, 0.15) is 0 Å². The molecule has 2 saturated heterocycles. The molecule has 0 amide bonds. The summed E-state index contributed by atoms with van der Waals surface area (Å²) in [7, 11) is 0. The number of aliphatic hydroxyl groups excluding tert-OH is 1. The first-order valence-corrected chi connectivity index (χ1v) is 7.86. The van der Waals surface area contributed by atoms with Crippen molar-refractivity contribution in [2.24, 2.45) is 10.8 Å². The van der Waals surface area contributed by atoms with Crippen LogP contribution in [0.25, 0.3) is 0 Å². The maximum absolute atomic E-state index is 9.69. The van der Waals surface area contributed by atoms with Crippen LogP contribution in [0.2, 0.25) is 0 Å². The lowest BCUT2D eigenvalue weighted by atomic mass is 9.77. The van der Waals surface area contributed by atoms with Crippen LogP contribution in [0.15, 0.2) is 0 Å². The van der Waals surface area contributed by atoms with Gasteiger partial charge in [-0.15, -0.1) is 0 Å². The van der Waals surface area contributed by atoms with E-state index in [1.54, 1.807) is 0 Å². The minimum absolute atomic E-state index is 0.150. The zero-order valence-corrected chi connectivity index (χ0v) is 13.3. The van der Waals surface area contributed by atoms with E-state index in [0.717, 1.165) is 13.0 Å². The van der Waals surface area contributed by atoms with Crippen LogP contribution in [0.3, 0.4) is 0 Å². The van der Waals surface area contributed by atoms with E-state index in [4.69, 9.17) is 0 Å². The van der Waals surface area contributed by atoms with Crippen LogP contribution in [-0.4, -0.2) is 35.9 Å². The highest BCUT2D eigenvalue weighted by molar-refractivity contribution is 4.97. The van der Waals surface area contributed by atoms with E-state index in [1.165, 1.54) is 19.3 Å². The van der Waals surface area contributed by atoms with Gasteiger partial charge < -0.3 is 15.7 Å². The summed E-state index contributed by atoms with van der Waals surface area (Å²) in [5.74, 6) is 0. The van der Waals surface area contributed by atoms with Crippen LogP contribution in [0.4, 0.5) is 0 Å².